The number of carboxylic acids is 2. The number of benzene rings is 1. The van der Waals surface area contributed by atoms with E-state index in [1.165, 1.54) is 0 Å². The van der Waals surface area contributed by atoms with Gasteiger partial charge >= 0.3 is 11.9 Å². The van der Waals surface area contributed by atoms with Gasteiger partial charge < -0.3 is 31.6 Å². The van der Waals surface area contributed by atoms with E-state index < -0.39 is 23.9 Å². The van der Waals surface area contributed by atoms with Crippen molar-refractivity contribution in [3.63, 3.8) is 0 Å². The van der Waals surface area contributed by atoms with Crippen molar-refractivity contribution < 1.29 is 24.6 Å². The number of rotatable bonds is 10. The van der Waals surface area contributed by atoms with Crippen LogP contribution in [-0.4, -0.2) is 48.6 Å². The number of fused-ring (bicyclic) bond motifs is 1. The number of amides is 1. The number of aliphatic carboxylic acids is 2. The van der Waals surface area contributed by atoms with Gasteiger partial charge in [-0.1, -0.05) is 18.7 Å². The summed E-state index contributed by atoms with van der Waals surface area (Å²) >= 11 is 0. The highest BCUT2D eigenvalue weighted by molar-refractivity contribution is 5.97. The standard InChI is InChI=1S/C22H24N6O5/c1-12(8-10-28-11-9-15-18(28)19(23)27-22(24)26-15)13-2-4-14(5-3-13)20(31)25-16(21(32)33)6-7-17(29)30/h2-5,9,11,16H,1,6-8,10H2,(H,25,31)(H,29,30)(H,32,33)(H4,23,24,26,27)/t16-/m1/s1. The van der Waals surface area contributed by atoms with Crippen molar-refractivity contribution >= 4 is 46.2 Å². The molecular formula is C22H24N6O5. The molecule has 7 N–H and O–H groups in total. The van der Waals surface area contributed by atoms with Gasteiger partial charge in [0, 0.05) is 24.7 Å². The lowest BCUT2D eigenvalue weighted by atomic mass is 10.0. The molecule has 0 aliphatic carbocycles. The summed E-state index contributed by atoms with van der Waals surface area (Å²) in [7, 11) is 0. The summed E-state index contributed by atoms with van der Waals surface area (Å²) in [6.45, 7) is 4.67. The van der Waals surface area contributed by atoms with Gasteiger partial charge in [0.1, 0.15) is 11.6 Å². The summed E-state index contributed by atoms with van der Waals surface area (Å²) in [6, 6.07) is 7.08. The Balaban J connectivity index is 1.62. The predicted octanol–water partition coefficient (Wildman–Crippen LogP) is 1.75. The second-order valence-electron chi connectivity index (χ2n) is 7.44. The summed E-state index contributed by atoms with van der Waals surface area (Å²) in [5, 5.41) is 20.3. The van der Waals surface area contributed by atoms with Crippen LogP contribution in [0.15, 0.2) is 43.1 Å². The van der Waals surface area contributed by atoms with E-state index in [0.717, 1.165) is 11.1 Å². The maximum atomic E-state index is 12.4. The van der Waals surface area contributed by atoms with E-state index >= 15 is 0 Å². The average molecular weight is 452 g/mol. The molecule has 0 unspecified atom stereocenters. The van der Waals surface area contributed by atoms with Crippen molar-refractivity contribution in [3.8, 4) is 0 Å². The normalized spacial score (nSPS) is 11.8. The van der Waals surface area contributed by atoms with E-state index in [1.54, 1.807) is 30.3 Å². The number of nitrogens with two attached hydrogens (primary N) is 2. The number of nitrogens with zero attached hydrogens (tertiary/aromatic N) is 3. The van der Waals surface area contributed by atoms with Crippen LogP contribution in [0.1, 0.15) is 35.2 Å². The van der Waals surface area contributed by atoms with Crippen molar-refractivity contribution in [2.75, 3.05) is 11.5 Å². The Bertz CT molecular complexity index is 1220. The van der Waals surface area contributed by atoms with E-state index in [9.17, 15) is 19.5 Å². The minimum Gasteiger partial charge on any atom is -0.481 e. The van der Waals surface area contributed by atoms with E-state index in [0.29, 0.717) is 29.8 Å². The van der Waals surface area contributed by atoms with Crippen LogP contribution in [0.2, 0.25) is 0 Å². The van der Waals surface area contributed by atoms with Crippen LogP contribution in [0.25, 0.3) is 16.6 Å². The number of allylic oxidation sites excluding steroid dienone is 1. The van der Waals surface area contributed by atoms with Gasteiger partial charge in [-0.05, 0) is 42.2 Å². The van der Waals surface area contributed by atoms with Gasteiger partial charge in [0.25, 0.3) is 5.91 Å². The van der Waals surface area contributed by atoms with Crippen LogP contribution < -0.4 is 16.8 Å². The van der Waals surface area contributed by atoms with Gasteiger partial charge in [-0.3, -0.25) is 9.59 Å². The lowest BCUT2D eigenvalue weighted by Crippen LogP contribution is -2.41. The van der Waals surface area contributed by atoms with Crippen LogP contribution in [0.5, 0.6) is 0 Å². The zero-order chi connectivity index (χ0) is 24.1. The topological polar surface area (TPSA) is 186 Å². The molecule has 0 saturated heterocycles. The fourth-order valence-corrected chi connectivity index (χ4v) is 3.36. The Hall–Kier alpha value is -4.41. The zero-order valence-electron chi connectivity index (χ0n) is 17.7. The molecule has 0 aliphatic heterocycles. The summed E-state index contributed by atoms with van der Waals surface area (Å²) in [6.07, 6.45) is 1.87. The van der Waals surface area contributed by atoms with E-state index in [1.807, 2.05) is 10.8 Å². The number of nitrogen functional groups attached to an aromatic ring is 2. The lowest BCUT2D eigenvalue weighted by molar-refractivity contribution is -0.140. The Morgan fingerprint density at radius 3 is 2.33 bits per heavy atom. The number of carboxylic acid groups (broad SMARTS) is 2. The Morgan fingerprint density at radius 2 is 1.70 bits per heavy atom. The van der Waals surface area contributed by atoms with Gasteiger partial charge in [-0.15, -0.1) is 0 Å². The summed E-state index contributed by atoms with van der Waals surface area (Å²) in [5.41, 5.74) is 14.8. The number of carbonyl (C=O) groups excluding carboxylic acids is 1. The predicted molar refractivity (Wildman–Crippen MR) is 122 cm³/mol. The molecule has 0 fully saturated rings. The molecule has 1 aromatic carbocycles. The number of aryl methyl sites for hydroxylation is 1. The Morgan fingerprint density at radius 1 is 1.03 bits per heavy atom. The molecule has 172 valence electrons. The summed E-state index contributed by atoms with van der Waals surface area (Å²) in [5.74, 6) is -2.61. The number of nitrogens with one attached hydrogen (secondary N) is 1. The maximum absolute atomic E-state index is 12.4. The lowest BCUT2D eigenvalue weighted by Gasteiger charge is -2.14. The van der Waals surface area contributed by atoms with Gasteiger partial charge in [0.05, 0.1) is 5.52 Å². The molecule has 0 spiro atoms. The molecule has 2 aromatic heterocycles. The quantitative estimate of drug-likeness (QED) is 0.305. The largest absolute Gasteiger partial charge is 0.481 e. The summed E-state index contributed by atoms with van der Waals surface area (Å²) in [4.78, 5) is 42.5. The van der Waals surface area contributed by atoms with Crippen molar-refractivity contribution in [2.45, 2.75) is 31.8 Å². The maximum Gasteiger partial charge on any atom is 0.326 e. The molecule has 1 atom stereocenters. The van der Waals surface area contributed by atoms with E-state index in [-0.39, 0.29) is 24.4 Å². The second-order valence-corrected chi connectivity index (χ2v) is 7.44. The zero-order valence-corrected chi connectivity index (χ0v) is 17.7. The third kappa shape index (κ3) is 5.64. The van der Waals surface area contributed by atoms with Crippen LogP contribution in [0, 0.1) is 0 Å². The van der Waals surface area contributed by atoms with Crippen molar-refractivity contribution in [1.82, 2.24) is 19.9 Å². The van der Waals surface area contributed by atoms with Crippen LogP contribution in [0.3, 0.4) is 0 Å². The molecule has 0 saturated carbocycles. The first kappa shape index (κ1) is 23.3. The van der Waals surface area contributed by atoms with Crippen molar-refractivity contribution in [3.05, 3.63) is 54.2 Å². The Kier molecular flexibility index (Phi) is 6.91. The average Bonchev–Trinajstić information content (AvgIpc) is 3.17. The van der Waals surface area contributed by atoms with Gasteiger partial charge in [-0.25, -0.2) is 9.78 Å². The van der Waals surface area contributed by atoms with Crippen molar-refractivity contribution in [2.24, 2.45) is 0 Å². The molecule has 3 aromatic rings. The molecule has 11 nitrogen and oxygen atoms in total. The first-order chi connectivity index (χ1) is 15.7. The molecule has 0 bridgehead atoms. The van der Waals surface area contributed by atoms with Crippen LogP contribution >= 0.6 is 0 Å². The summed E-state index contributed by atoms with van der Waals surface area (Å²) < 4.78 is 1.92. The molecule has 3 rings (SSSR count). The van der Waals surface area contributed by atoms with Gasteiger partial charge in [0.15, 0.2) is 5.82 Å². The highest BCUT2D eigenvalue weighted by Crippen LogP contribution is 2.23. The van der Waals surface area contributed by atoms with Gasteiger partial charge in [0.2, 0.25) is 5.95 Å². The molecule has 2 heterocycles. The third-order valence-corrected chi connectivity index (χ3v) is 5.11. The Labute approximate surface area is 188 Å². The fraction of sp³-hybridized carbons (Fsp3) is 0.227. The minimum absolute atomic E-state index is 0.114. The first-order valence-electron chi connectivity index (χ1n) is 10.1. The smallest absolute Gasteiger partial charge is 0.326 e. The highest BCUT2D eigenvalue weighted by atomic mass is 16.4. The number of hydrogen-bond acceptors (Lipinski definition) is 7. The number of anilines is 2. The number of hydrogen-bond donors (Lipinski definition) is 5. The monoisotopic (exact) mass is 452 g/mol. The molecule has 1 amide bonds. The molecular weight excluding hydrogens is 428 g/mol. The third-order valence-electron chi connectivity index (χ3n) is 5.11. The van der Waals surface area contributed by atoms with E-state index in [2.05, 4.69) is 21.9 Å². The second kappa shape index (κ2) is 9.81. The van der Waals surface area contributed by atoms with Gasteiger partial charge in [-0.2, -0.15) is 4.98 Å². The van der Waals surface area contributed by atoms with E-state index in [4.69, 9.17) is 16.6 Å². The molecule has 0 aliphatic rings. The van der Waals surface area contributed by atoms with Crippen molar-refractivity contribution in [1.29, 1.82) is 0 Å². The first-order valence-corrected chi connectivity index (χ1v) is 10.1. The molecule has 11 heteroatoms. The minimum atomic E-state index is -1.29. The number of carbonyl (C=O) groups is 3. The SMILES string of the molecule is C=C(CCn1ccc2nc(N)nc(N)c21)c1ccc(C(=O)N[C@H](CCC(=O)O)C(=O)O)cc1. The van der Waals surface area contributed by atoms with Crippen LogP contribution in [-0.2, 0) is 16.1 Å². The molecule has 33 heavy (non-hydrogen) atoms. The van der Waals surface area contributed by atoms with Crippen LogP contribution in [0.4, 0.5) is 11.8 Å². The highest BCUT2D eigenvalue weighted by Gasteiger charge is 2.21. The molecule has 0 radical (unpaired) electrons. The fourth-order valence-electron chi connectivity index (χ4n) is 3.36. The number of aromatic nitrogens is 3.